The van der Waals surface area contributed by atoms with Gasteiger partial charge in [0.1, 0.15) is 4.91 Å². The van der Waals surface area contributed by atoms with E-state index in [1.165, 1.54) is 18.7 Å². The standard InChI is InChI=1S/C22H19N3O2S2/c1-4-13-25-20(27)19(21-24(3)17-7-5-6-8-18(17)28-21)29-22(25)23-16-11-9-15(10-12-16)14(2)26/h4-12H,1,13H2,2-3H3/b21-19+,23-22?. The molecule has 0 aromatic heterocycles. The highest BCUT2D eigenvalue weighted by Gasteiger charge is 2.38. The third-order valence-electron chi connectivity index (χ3n) is 4.61. The van der Waals surface area contributed by atoms with Gasteiger partial charge in [-0.15, -0.1) is 6.58 Å². The molecular formula is C22H19N3O2S2. The van der Waals surface area contributed by atoms with Gasteiger partial charge in [-0.25, -0.2) is 4.99 Å². The van der Waals surface area contributed by atoms with Crippen LogP contribution in [0.2, 0.25) is 0 Å². The van der Waals surface area contributed by atoms with Gasteiger partial charge in [-0.05, 0) is 55.1 Å². The van der Waals surface area contributed by atoms with Crippen LogP contribution in [-0.4, -0.2) is 35.4 Å². The molecule has 4 rings (SSSR count). The molecule has 2 aromatic rings. The highest BCUT2D eigenvalue weighted by molar-refractivity contribution is 8.19. The molecule has 5 nitrogen and oxygen atoms in total. The van der Waals surface area contributed by atoms with Crippen LogP contribution in [0.25, 0.3) is 0 Å². The molecule has 0 saturated carbocycles. The molecule has 1 fully saturated rings. The summed E-state index contributed by atoms with van der Waals surface area (Å²) in [6.45, 7) is 5.69. The van der Waals surface area contributed by atoms with Crippen LogP contribution >= 0.6 is 23.5 Å². The number of hydrogen-bond acceptors (Lipinski definition) is 6. The summed E-state index contributed by atoms with van der Waals surface area (Å²) in [5, 5.41) is 1.52. The molecule has 7 heteroatoms. The maximum Gasteiger partial charge on any atom is 0.269 e. The van der Waals surface area contributed by atoms with Gasteiger partial charge >= 0.3 is 0 Å². The second kappa shape index (κ2) is 7.93. The predicted molar refractivity (Wildman–Crippen MR) is 121 cm³/mol. The zero-order valence-electron chi connectivity index (χ0n) is 16.1. The zero-order valence-corrected chi connectivity index (χ0v) is 17.7. The number of carbonyl (C=O) groups excluding carboxylic acids is 2. The molecule has 0 aliphatic carbocycles. The van der Waals surface area contributed by atoms with E-state index in [1.54, 1.807) is 47.0 Å². The van der Waals surface area contributed by atoms with Crippen molar-refractivity contribution in [3.05, 3.63) is 76.7 Å². The van der Waals surface area contributed by atoms with Crippen molar-refractivity contribution in [2.45, 2.75) is 11.8 Å². The quantitative estimate of drug-likeness (QED) is 0.393. The van der Waals surface area contributed by atoms with E-state index < -0.39 is 0 Å². The Hall–Kier alpha value is -2.77. The van der Waals surface area contributed by atoms with Crippen molar-refractivity contribution in [3.8, 4) is 0 Å². The van der Waals surface area contributed by atoms with E-state index in [0.717, 1.165) is 15.6 Å². The first-order valence-corrected chi connectivity index (χ1v) is 10.7. The van der Waals surface area contributed by atoms with Gasteiger partial charge in [0.05, 0.1) is 16.4 Å². The molecule has 0 bridgehead atoms. The van der Waals surface area contributed by atoms with E-state index in [1.807, 2.05) is 25.2 Å². The van der Waals surface area contributed by atoms with Crippen LogP contribution in [-0.2, 0) is 4.79 Å². The molecule has 1 amide bonds. The SMILES string of the molecule is C=CCN1C(=O)/C(=C2\Sc3ccccc3N2C)SC1=Nc1ccc(C(C)=O)cc1. The van der Waals surface area contributed by atoms with Gasteiger partial charge in [-0.2, -0.15) is 0 Å². The summed E-state index contributed by atoms with van der Waals surface area (Å²) in [6.07, 6.45) is 1.70. The van der Waals surface area contributed by atoms with Crippen LogP contribution in [0.15, 0.2) is 81.0 Å². The van der Waals surface area contributed by atoms with Crippen molar-refractivity contribution in [1.29, 1.82) is 0 Å². The maximum absolute atomic E-state index is 13.2. The van der Waals surface area contributed by atoms with Gasteiger partial charge in [0, 0.05) is 24.1 Å². The monoisotopic (exact) mass is 421 g/mol. The number of anilines is 1. The molecule has 1 saturated heterocycles. The summed E-state index contributed by atoms with van der Waals surface area (Å²) in [5.41, 5.74) is 2.42. The third kappa shape index (κ3) is 3.63. The van der Waals surface area contributed by atoms with E-state index in [-0.39, 0.29) is 11.7 Å². The fourth-order valence-electron chi connectivity index (χ4n) is 3.09. The number of ketones is 1. The van der Waals surface area contributed by atoms with Crippen LogP contribution in [0.1, 0.15) is 17.3 Å². The Labute approximate surface area is 178 Å². The molecule has 0 N–H and O–H groups in total. The fraction of sp³-hybridized carbons (Fsp3) is 0.136. The summed E-state index contributed by atoms with van der Waals surface area (Å²) in [7, 11) is 1.97. The van der Waals surface area contributed by atoms with E-state index in [0.29, 0.717) is 27.9 Å². The Balaban J connectivity index is 1.70. The molecule has 2 aliphatic rings. The zero-order chi connectivity index (χ0) is 20.5. The summed E-state index contributed by atoms with van der Waals surface area (Å²) < 4.78 is 0. The highest BCUT2D eigenvalue weighted by atomic mass is 32.2. The molecule has 0 spiro atoms. The average Bonchev–Trinajstić information content (AvgIpc) is 3.20. The fourth-order valence-corrected chi connectivity index (χ4v) is 5.44. The molecule has 2 aromatic carbocycles. The Morgan fingerprint density at radius 1 is 1.14 bits per heavy atom. The molecule has 0 radical (unpaired) electrons. The predicted octanol–water partition coefficient (Wildman–Crippen LogP) is 5.05. The first-order chi connectivity index (χ1) is 14.0. The number of Topliss-reactive ketones (excluding diaryl/α,β-unsaturated/α-hetero) is 1. The number of rotatable bonds is 4. The van der Waals surface area contributed by atoms with Crippen molar-refractivity contribution in [2.24, 2.45) is 4.99 Å². The van der Waals surface area contributed by atoms with Gasteiger partial charge in [0.2, 0.25) is 0 Å². The normalized spacial score (nSPS) is 19.8. The van der Waals surface area contributed by atoms with Gasteiger partial charge < -0.3 is 4.90 Å². The first-order valence-electron chi connectivity index (χ1n) is 9.05. The first kappa shape index (κ1) is 19.5. The summed E-state index contributed by atoms with van der Waals surface area (Å²) in [6, 6.07) is 15.2. The Morgan fingerprint density at radius 3 is 2.52 bits per heavy atom. The lowest BCUT2D eigenvalue weighted by molar-refractivity contribution is -0.121. The van der Waals surface area contributed by atoms with Gasteiger partial charge in [-0.3, -0.25) is 14.5 Å². The minimum absolute atomic E-state index is 0.00999. The van der Waals surface area contributed by atoms with E-state index in [2.05, 4.69) is 22.5 Å². The molecule has 0 atom stereocenters. The number of benzene rings is 2. The molecule has 2 heterocycles. The molecular weight excluding hydrogens is 402 g/mol. The number of amidine groups is 1. The number of aliphatic imine (C=N–C) groups is 1. The van der Waals surface area contributed by atoms with E-state index in [4.69, 9.17) is 0 Å². The third-order valence-corrected chi connectivity index (χ3v) is 7.04. The number of nitrogens with zero attached hydrogens (tertiary/aromatic N) is 3. The number of carbonyl (C=O) groups is 2. The van der Waals surface area contributed by atoms with Gasteiger partial charge in [-0.1, -0.05) is 30.0 Å². The van der Waals surface area contributed by atoms with Crippen molar-refractivity contribution in [3.63, 3.8) is 0 Å². The number of thioether (sulfide) groups is 2. The van der Waals surface area contributed by atoms with Gasteiger partial charge in [0.15, 0.2) is 11.0 Å². The second-order valence-corrected chi connectivity index (χ2v) is 8.58. The Kier molecular flexibility index (Phi) is 5.34. The minimum atomic E-state index is -0.0730. The van der Waals surface area contributed by atoms with E-state index in [9.17, 15) is 9.59 Å². The van der Waals surface area contributed by atoms with E-state index >= 15 is 0 Å². The van der Waals surface area contributed by atoms with Crippen molar-refractivity contribution in [1.82, 2.24) is 4.90 Å². The number of hydrogen-bond donors (Lipinski definition) is 0. The largest absolute Gasteiger partial charge is 0.337 e. The molecule has 146 valence electrons. The maximum atomic E-state index is 13.2. The summed E-state index contributed by atoms with van der Waals surface area (Å²) in [5.74, 6) is -0.0630. The van der Waals surface area contributed by atoms with Crippen LogP contribution in [0, 0.1) is 0 Å². The lowest BCUT2D eigenvalue weighted by Crippen LogP contribution is -2.29. The summed E-state index contributed by atoms with van der Waals surface area (Å²) in [4.78, 5) is 34.8. The van der Waals surface area contributed by atoms with Crippen molar-refractivity contribution < 1.29 is 9.59 Å². The minimum Gasteiger partial charge on any atom is -0.337 e. The average molecular weight is 422 g/mol. The molecule has 0 unspecified atom stereocenters. The highest BCUT2D eigenvalue weighted by Crippen LogP contribution is 2.49. The molecule has 2 aliphatic heterocycles. The second-order valence-electron chi connectivity index (χ2n) is 6.57. The number of fused-ring (bicyclic) bond motifs is 1. The smallest absolute Gasteiger partial charge is 0.269 e. The number of para-hydroxylation sites is 1. The van der Waals surface area contributed by atoms with Crippen LogP contribution in [0.3, 0.4) is 0 Å². The Morgan fingerprint density at radius 2 is 1.86 bits per heavy atom. The lowest BCUT2D eigenvalue weighted by atomic mass is 10.1. The number of amides is 1. The van der Waals surface area contributed by atoms with Crippen LogP contribution in [0.5, 0.6) is 0 Å². The van der Waals surface area contributed by atoms with Crippen LogP contribution < -0.4 is 4.90 Å². The Bertz CT molecular complexity index is 1070. The summed E-state index contributed by atoms with van der Waals surface area (Å²) >= 11 is 2.97. The van der Waals surface area contributed by atoms with Crippen LogP contribution in [0.4, 0.5) is 11.4 Å². The van der Waals surface area contributed by atoms with Gasteiger partial charge in [0.25, 0.3) is 5.91 Å². The molecule has 29 heavy (non-hydrogen) atoms. The van der Waals surface area contributed by atoms with Crippen molar-refractivity contribution in [2.75, 3.05) is 18.5 Å². The lowest BCUT2D eigenvalue weighted by Gasteiger charge is -2.15. The topological polar surface area (TPSA) is 53.0 Å². The van der Waals surface area contributed by atoms with Crippen molar-refractivity contribution >= 4 is 51.8 Å².